The molecule has 1 fully saturated rings. The van der Waals surface area contributed by atoms with E-state index in [-0.39, 0.29) is 0 Å². The quantitative estimate of drug-likeness (QED) is 0.841. The summed E-state index contributed by atoms with van der Waals surface area (Å²) < 4.78 is 11.1. The Bertz CT molecular complexity index is 312. The van der Waals surface area contributed by atoms with Crippen LogP contribution in [0.2, 0.25) is 0 Å². The van der Waals surface area contributed by atoms with Gasteiger partial charge in [-0.2, -0.15) is 0 Å². The van der Waals surface area contributed by atoms with Gasteiger partial charge in [-0.15, -0.1) is 0 Å². The van der Waals surface area contributed by atoms with Gasteiger partial charge in [-0.05, 0) is 37.4 Å². The number of hydrogen-bond acceptors (Lipinski definition) is 4. The van der Waals surface area contributed by atoms with Crippen LogP contribution in [0.3, 0.4) is 0 Å². The second-order valence-corrected chi connectivity index (χ2v) is 4.45. The molecule has 0 spiro atoms. The number of ether oxygens (including phenoxy) is 2. The standard InChI is InChI=1S/C13H20N2O2/c14-8-12(11-3-6-16-7-4-11)10-17-13-2-1-5-15-9-13/h1-2,5,9,11-12H,3-4,6-8,10,14H2. The third-order valence-electron chi connectivity index (χ3n) is 3.33. The first-order valence-electron chi connectivity index (χ1n) is 6.21. The van der Waals surface area contributed by atoms with Gasteiger partial charge in [-0.25, -0.2) is 0 Å². The van der Waals surface area contributed by atoms with Crippen LogP contribution in [0, 0.1) is 11.8 Å². The van der Waals surface area contributed by atoms with E-state index in [9.17, 15) is 0 Å². The highest BCUT2D eigenvalue weighted by Crippen LogP contribution is 2.24. The minimum absolute atomic E-state index is 0.416. The van der Waals surface area contributed by atoms with Crippen LogP contribution >= 0.6 is 0 Å². The molecule has 94 valence electrons. The summed E-state index contributed by atoms with van der Waals surface area (Å²) in [5.41, 5.74) is 5.83. The summed E-state index contributed by atoms with van der Waals surface area (Å²) in [6.07, 6.45) is 5.67. The SMILES string of the molecule is NCC(COc1cccnc1)C1CCOCC1. The average Bonchev–Trinajstić information content (AvgIpc) is 2.42. The Balaban J connectivity index is 1.82. The first kappa shape index (κ1) is 12.3. The fraction of sp³-hybridized carbons (Fsp3) is 0.615. The Kier molecular flexibility index (Phi) is 4.76. The van der Waals surface area contributed by atoms with E-state index in [1.165, 1.54) is 0 Å². The van der Waals surface area contributed by atoms with Crippen LogP contribution in [0.4, 0.5) is 0 Å². The molecule has 1 atom stereocenters. The zero-order valence-electron chi connectivity index (χ0n) is 10.0. The number of nitrogens with two attached hydrogens (primary N) is 1. The van der Waals surface area contributed by atoms with E-state index in [2.05, 4.69) is 4.98 Å². The topological polar surface area (TPSA) is 57.4 Å². The highest BCUT2D eigenvalue weighted by Gasteiger charge is 2.23. The monoisotopic (exact) mass is 236 g/mol. The molecule has 4 heteroatoms. The summed E-state index contributed by atoms with van der Waals surface area (Å²) in [5, 5.41) is 0. The van der Waals surface area contributed by atoms with E-state index in [1.807, 2.05) is 12.1 Å². The Morgan fingerprint density at radius 3 is 2.94 bits per heavy atom. The van der Waals surface area contributed by atoms with Crippen molar-refractivity contribution in [2.45, 2.75) is 12.8 Å². The summed E-state index contributed by atoms with van der Waals surface area (Å²) in [6.45, 7) is 3.06. The summed E-state index contributed by atoms with van der Waals surface area (Å²) in [5.74, 6) is 1.86. The Morgan fingerprint density at radius 1 is 1.47 bits per heavy atom. The molecule has 0 aliphatic carbocycles. The second-order valence-electron chi connectivity index (χ2n) is 4.45. The molecule has 0 bridgehead atoms. The molecule has 1 unspecified atom stereocenters. The van der Waals surface area contributed by atoms with Crippen LogP contribution in [0.5, 0.6) is 5.75 Å². The largest absolute Gasteiger partial charge is 0.492 e. The van der Waals surface area contributed by atoms with Crippen LogP contribution < -0.4 is 10.5 Å². The number of nitrogens with zero attached hydrogens (tertiary/aromatic N) is 1. The summed E-state index contributed by atoms with van der Waals surface area (Å²) in [6, 6.07) is 3.80. The van der Waals surface area contributed by atoms with Crippen LogP contribution in [-0.2, 0) is 4.74 Å². The number of hydrogen-bond donors (Lipinski definition) is 1. The lowest BCUT2D eigenvalue weighted by Crippen LogP contribution is -2.32. The minimum Gasteiger partial charge on any atom is -0.492 e. The van der Waals surface area contributed by atoms with Crippen LogP contribution in [-0.4, -0.2) is 31.3 Å². The summed E-state index contributed by atoms with van der Waals surface area (Å²) in [4.78, 5) is 4.02. The predicted molar refractivity (Wildman–Crippen MR) is 65.8 cm³/mol. The zero-order chi connectivity index (χ0) is 11.9. The van der Waals surface area contributed by atoms with Gasteiger partial charge in [0.2, 0.25) is 0 Å². The van der Waals surface area contributed by atoms with Crippen molar-refractivity contribution in [2.24, 2.45) is 17.6 Å². The molecule has 1 saturated heterocycles. The predicted octanol–water partition coefficient (Wildman–Crippen LogP) is 1.46. The van der Waals surface area contributed by atoms with Gasteiger partial charge in [0.05, 0.1) is 12.8 Å². The molecule has 1 aromatic rings. The number of aromatic nitrogens is 1. The molecule has 0 aromatic carbocycles. The van der Waals surface area contributed by atoms with Gasteiger partial charge in [-0.1, -0.05) is 0 Å². The Hall–Kier alpha value is -1.13. The van der Waals surface area contributed by atoms with Gasteiger partial charge in [0, 0.05) is 25.3 Å². The van der Waals surface area contributed by atoms with Gasteiger partial charge in [0.1, 0.15) is 5.75 Å². The van der Waals surface area contributed by atoms with E-state index in [0.29, 0.717) is 25.0 Å². The maximum Gasteiger partial charge on any atom is 0.137 e. The number of rotatable bonds is 5. The maximum absolute atomic E-state index is 5.83. The highest BCUT2D eigenvalue weighted by atomic mass is 16.5. The van der Waals surface area contributed by atoms with E-state index in [1.54, 1.807) is 12.4 Å². The van der Waals surface area contributed by atoms with E-state index >= 15 is 0 Å². The molecule has 2 N–H and O–H groups in total. The Morgan fingerprint density at radius 2 is 2.29 bits per heavy atom. The van der Waals surface area contributed by atoms with Crippen LogP contribution in [0.15, 0.2) is 24.5 Å². The fourth-order valence-corrected chi connectivity index (χ4v) is 2.22. The van der Waals surface area contributed by atoms with Crippen molar-refractivity contribution >= 4 is 0 Å². The third kappa shape index (κ3) is 3.68. The van der Waals surface area contributed by atoms with E-state index < -0.39 is 0 Å². The van der Waals surface area contributed by atoms with E-state index in [4.69, 9.17) is 15.2 Å². The van der Waals surface area contributed by atoms with Crippen molar-refractivity contribution in [1.82, 2.24) is 4.98 Å². The average molecular weight is 236 g/mol. The normalized spacial score (nSPS) is 18.9. The van der Waals surface area contributed by atoms with Crippen molar-refractivity contribution in [1.29, 1.82) is 0 Å². The molecule has 0 radical (unpaired) electrons. The smallest absolute Gasteiger partial charge is 0.137 e. The van der Waals surface area contributed by atoms with Gasteiger partial charge >= 0.3 is 0 Å². The molecular formula is C13H20N2O2. The molecule has 2 heterocycles. The fourth-order valence-electron chi connectivity index (χ4n) is 2.22. The van der Waals surface area contributed by atoms with E-state index in [0.717, 1.165) is 31.8 Å². The van der Waals surface area contributed by atoms with Gasteiger partial charge in [0.25, 0.3) is 0 Å². The molecule has 1 aliphatic rings. The van der Waals surface area contributed by atoms with Crippen LogP contribution in [0.25, 0.3) is 0 Å². The molecule has 1 aliphatic heterocycles. The number of pyridine rings is 1. The summed E-state index contributed by atoms with van der Waals surface area (Å²) >= 11 is 0. The Labute approximate surface area is 102 Å². The van der Waals surface area contributed by atoms with Crippen molar-refractivity contribution < 1.29 is 9.47 Å². The molecule has 17 heavy (non-hydrogen) atoms. The second kappa shape index (κ2) is 6.57. The first-order chi connectivity index (χ1) is 8.40. The molecule has 4 nitrogen and oxygen atoms in total. The first-order valence-corrected chi connectivity index (χ1v) is 6.21. The maximum atomic E-state index is 5.83. The molecular weight excluding hydrogens is 216 g/mol. The molecule has 0 amide bonds. The minimum atomic E-state index is 0.416. The molecule has 2 rings (SSSR count). The van der Waals surface area contributed by atoms with Gasteiger partial charge in [-0.3, -0.25) is 4.98 Å². The lowest BCUT2D eigenvalue weighted by molar-refractivity contribution is 0.0381. The van der Waals surface area contributed by atoms with Gasteiger partial charge in [0.15, 0.2) is 0 Å². The van der Waals surface area contributed by atoms with Crippen LogP contribution in [0.1, 0.15) is 12.8 Å². The van der Waals surface area contributed by atoms with Crippen molar-refractivity contribution in [3.05, 3.63) is 24.5 Å². The van der Waals surface area contributed by atoms with Crippen molar-refractivity contribution in [3.8, 4) is 5.75 Å². The summed E-state index contributed by atoms with van der Waals surface area (Å²) in [7, 11) is 0. The lowest BCUT2D eigenvalue weighted by Gasteiger charge is -2.29. The van der Waals surface area contributed by atoms with Gasteiger partial charge < -0.3 is 15.2 Å². The van der Waals surface area contributed by atoms with Crippen molar-refractivity contribution in [3.63, 3.8) is 0 Å². The highest BCUT2D eigenvalue weighted by molar-refractivity contribution is 5.15. The zero-order valence-corrected chi connectivity index (χ0v) is 10.0. The molecule has 0 saturated carbocycles. The third-order valence-corrected chi connectivity index (χ3v) is 3.33. The van der Waals surface area contributed by atoms with Crippen molar-refractivity contribution in [2.75, 3.05) is 26.4 Å². The molecule has 1 aromatic heterocycles. The lowest BCUT2D eigenvalue weighted by atomic mass is 9.86.